The van der Waals surface area contributed by atoms with E-state index in [-0.39, 0.29) is 22.6 Å². The molecule has 1 aromatic heterocycles. The number of rotatable bonds is 8. The van der Waals surface area contributed by atoms with Crippen LogP contribution in [0.15, 0.2) is 46.3 Å². The minimum Gasteiger partial charge on any atom is -0.381 e. The second-order valence-corrected chi connectivity index (χ2v) is 10.7. The standard InChI is InChI=1S/C25H29N3O3S.C3H8N2O/c1-2-28-23(29)20-15-18-7-3-4-8-19(18)16-21(20)26-25(28)32-22(17-9-13-31-14-10-17)24(30)27-11-5-6-12-27;4-1-2-5-3-6/h3-4,7-8,15-17,22H,2,5-6,9-14H2,1H3;3H,1-2,4H2,(H,5,6). The van der Waals surface area contributed by atoms with Crippen LogP contribution in [-0.4, -0.2) is 71.4 Å². The zero-order valence-electron chi connectivity index (χ0n) is 21.9. The van der Waals surface area contributed by atoms with Crippen LogP contribution in [0.5, 0.6) is 0 Å². The third-order valence-electron chi connectivity index (χ3n) is 7.06. The van der Waals surface area contributed by atoms with Crippen molar-refractivity contribution in [2.45, 2.75) is 49.6 Å². The molecule has 10 heteroatoms. The summed E-state index contributed by atoms with van der Waals surface area (Å²) in [5, 5.41) is 5.52. The fourth-order valence-corrected chi connectivity index (χ4v) is 6.43. The Morgan fingerprint density at radius 1 is 1.21 bits per heavy atom. The van der Waals surface area contributed by atoms with Gasteiger partial charge in [-0.2, -0.15) is 0 Å². The summed E-state index contributed by atoms with van der Waals surface area (Å²) >= 11 is 1.48. The monoisotopic (exact) mass is 539 g/mol. The van der Waals surface area contributed by atoms with Gasteiger partial charge in [0.25, 0.3) is 5.56 Å². The van der Waals surface area contributed by atoms with Gasteiger partial charge in [-0.3, -0.25) is 19.0 Å². The summed E-state index contributed by atoms with van der Waals surface area (Å²) in [6, 6.07) is 12.0. The molecule has 2 aliphatic heterocycles. The minimum atomic E-state index is -0.236. The lowest BCUT2D eigenvalue weighted by Crippen LogP contribution is -2.41. The summed E-state index contributed by atoms with van der Waals surface area (Å²) in [6.07, 6.45) is 4.50. The molecule has 2 aliphatic rings. The Kier molecular flexibility index (Phi) is 10.1. The molecule has 2 aromatic carbocycles. The lowest BCUT2D eigenvalue weighted by Gasteiger charge is -2.31. The number of hydrogen-bond acceptors (Lipinski definition) is 7. The number of aromatic nitrogens is 2. The Morgan fingerprint density at radius 2 is 1.89 bits per heavy atom. The van der Waals surface area contributed by atoms with E-state index >= 15 is 0 Å². The fourth-order valence-electron chi connectivity index (χ4n) is 5.00. The number of fused-ring (bicyclic) bond motifs is 2. The first-order valence-corrected chi connectivity index (χ1v) is 14.3. The van der Waals surface area contributed by atoms with Crippen molar-refractivity contribution in [3.05, 3.63) is 46.8 Å². The molecule has 1 atom stereocenters. The van der Waals surface area contributed by atoms with E-state index < -0.39 is 0 Å². The average molecular weight is 540 g/mol. The van der Waals surface area contributed by atoms with Gasteiger partial charge >= 0.3 is 0 Å². The van der Waals surface area contributed by atoms with Gasteiger partial charge in [0.1, 0.15) is 0 Å². The van der Waals surface area contributed by atoms with Crippen LogP contribution in [-0.2, 0) is 20.9 Å². The Labute approximate surface area is 227 Å². The Balaban J connectivity index is 0.000000505. The number of hydrogen-bond donors (Lipinski definition) is 2. The van der Waals surface area contributed by atoms with Crippen LogP contribution >= 0.6 is 11.8 Å². The number of nitrogens with two attached hydrogens (primary N) is 1. The molecule has 0 saturated carbocycles. The normalized spacial score (nSPS) is 16.7. The summed E-state index contributed by atoms with van der Waals surface area (Å²) in [7, 11) is 0. The van der Waals surface area contributed by atoms with E-state index in [9.17, 15) is 14.4 Å². The quantitative estimate of drug-likeness (QED) is 0.149. The molecule has 0 bridgehead atoms. The molecule has 1 unspecified atom stereocenters. The van der Waals surface area contributed by atoms with Crippen LogP contribution in [0.2, 0.25) is 0 Å². The van der Waals surface area contributed by atoms with E-state index in [1.165, 1.54) is 11.8 Å². The van der Waals surface area contributed by atoms with Crippen LogP contribution < -0.4 is 16.6 Å². The molecule has 2 saturated heterocycles. The van der Waals surface area contributed by atoms with Gasteiger partial charge in [-0.15, -0.1) is 0 Å². The maximum absolute atomic E-state index is 13.5. The van der Waals surface area contributed by atoms with Gasteiger partial charge in [-0.05, 0) is 61.4 Å². The number of nitrogens with one attached hydrogen (secondary N) is 1. The summed E-state index contributed by atoms with van der Waals surface area (Å²) in [5.41, 5.74) is 5.65. The van der Waals surface area contributed by atoms with E-state index in [0.717, 1.165) is 49.5 Å². The molecule has 38 heavy (non-hydrogen) atoms. The van der Waals surface area contributed by atoms with Crippen LogP contribution in [0, 0.1) is 5.92 Å². The second-order valence-electron chi connectivity index (χ2n) is 9.54. The van der Waals surface area contributed by atoms with E-state index in [0.29, 0.717) is 55.3 Å². The molecule has 0 aliphatic carbocycles. The van der Waals surface area contributed by atoms with E-state index in [1.54, 1.807) is 4.57 Å². The minimum absolute atomic E-state index is 0.0369. The van der Waals surface area contributed by atoms with Crippen molar-refractivity contribution in [1.29, 1.82) is 0 Å². The lowest BCUT2D eigenvalue weighted by atomic mass is 9.95. The Hall–Kier alpha value is -2.95. The maximum atomic E-state index is 13.5. The topological polar surface area (TPSA) is 120 Å². The number of likely N-dealkylation sites (tertiary alicyclic amines) is 1. The zero-order chi connectivity index (χ0) is 26.9. The molecule has 5 rings (SSSR count). The Morgan fingerprint density at radius 3 is 2.50 bits per heavy atom. The van der Waals surface area contributed by atoms with Gasteiger partial charge in [0, 0.05) is 45.9 Å². The van der Waals surface area contributed by atoms with Gasteiger partial charge < -0.3 is 20.7 Å². The highest BCUT2D eigenvalue weighted by Crippen LogP contribution is 2.35. The first-order chi connectivity index (χ1) is 18.6. The smallest absolute Gasteiger partial charge is 0.262 e. The van der Waals surface area contributed by atoms with Gasteiger partial charge in [0.2, 0.25) is 12.3 Å². The highest BCUT2D eigenvalue weighted by atomic mass is 32.2. The molecule has 2 fully saturated rings. The number of amides is 2. The van der Waals surface area contributed by atoms with Crippen LogP contribution in [0.3, 0.4) is 0 Å². The van der Waals surface area contributed by atoms with Gasteiger partial charge in [-0.1, -0.05) is 36.0 Å². The average Bonchev–Trinajstić information content (AvgIpc) is 3.50. The number of benzene rings is 2. The first-order valence-electron chi connectivity index (χ1n) is 13.4. The number of ether oxygens (including phenoxy) is 1. The van der Waals surface area contributed by atoms with Crippen molar-refractivity contribution < 1.29 is 14.3 Å². The van der Waals surface area contributed by atoms with E-state index in [4.69, 9.17) is 15.5 Å². The van der Waals surface area contributed by atoms with Crippen molar-refractivity contribution in [2.24, 2.45) is 11.7 Å². The van der Waals surface area contributed by atoms with Crippen LogP contribution in [0.1, 0.15) is 32.6 Å². The van der Waals surface area contributed by atoms with E-state index in [1.807, 2.05) is 48.2 Å². The Bertz CT molecular complexity index is 1300. The van der Waals surface area contributed by atoms with Crippen LogP contribution in [0.25, 0.3) is 21.7 Å². The van der Waals surface area contributed by atoms with Crippen molar-refractivity contribution in [3.63, 3.8) is 0 Å². The van der Waals surface area contributed by atoms with E-state index in [2.05, 4.69) is 5.32 Å². The lowest BCUT2D eigenvalue weighted by molar-refractivity contribution is -0.131. The molecule has 3 N–H and O–H groups in total. The zero-order valence-corrected chi connectivity index (χ0v) is 22.8. The molecule has 3 aromatic rings. The first kappa shape index (κ1) is 28.1. The fraction of sp³-hybridized carbons (Fsp3) is 0.500. The summed E-state index contributed by atoms with van der Waals surface area (Å²) in [5.74, 6) is 0.422. The summed E-state index contributed by atoms with van der Waals surface area (Å²) < 4.78 is 7.29. The van der Waals surface area contributed by atoms with Gasteiger partial charge in [-0.25, -0.2) is 4.98 Å². The summed E-state index contributed by atoms with van der Waals surface area (Å²) in [4.78, 5) is 43.2. The molecule has 2 amide bonds. The number of nitrogens with zero attached hydrogens (tertiary/aromatic N) is 3. The van der Waals surface area contributed by atoms with Crippen molar-refractivity contribution in [2.75, 3.05) is 39.4 Å². The molecule has 9 nitrogen and oxygen atoms in total. The third-order valence-corrected chi connectivity index (χ3v) is 8.43. The molecule has 204 valence electrons. The number of thioether (sulfide) groups is 1. The predicted molar refractivity (Wildman–Crippen MR) is 151 cm³/mol. The molecular weight excluding hydrogens is 502 g/mol. The van der Waals surface area contributed by atoms with Crippen molar-refractivity contribution in [3.8, 4) is 0 Å². The van der Waals surface area contributed by atoms with Gasteiger partial charge in [0.05, 0.1) is 16.2 Å². The number of carbonyl (C=O) groups excluding carboxylic acids is 2. The molecule has 0 spiro atoms. The second kappa shape index (κ2) is 13.7. The van der Waals surface area contributed by atoms with Crippen LogP contribution in [0.4, 0.5) is 0 Å². The third kappa shape index (κ3) is 6.54. The highest BCUT2D eigenvalue weighted by Gasteiger charge is 2.36. The van der Waals surface area contributed by atoms with Crippen molar-refractivity contribution in [1.82, 2.24) is 19.8 Å². The number of carbonyl (C=O) groups is 2. The maximum Gasteiger partial charge on any atom is 0.262 e. The SMILES string of the molecule is CCn1c(SC(C(=O)N2CCCC2)C2CCOCC2)nc2cc3ccccc3cc2c1=O.NCCNC=O. The highest BCUT2D eigenvalue weighted by molar-refractivity contribution is 8.00. The molecular formula is C28H37N5O4S. The predicted octanol–water partition coefficient (Wildman–Crippen LogP) is 2.77. The van der Waals surface area contributed by atoms with Crippen molar-refractivity contribution >= 4 is 45.8 Å². The largest absolute Gasteiger partial charge is 0.381 e. The molecule has 0 radical (unpaired) electrons. The summed E-state index contributed by atoms with van der Waals surface area (Å²) in [6.45, 7) is 6.61. The molecule has 3 heterocycles. The van der Waals surface area contributed by atoms with Gasteiger partial charge in [0.15, 0.2) is 5.16 Å².